The molecule has 0 spiro atoms. The van der Waals surface area contributed by atoms with Crippen molar-refractivity contribution in [2.45, 2.75) is 38.5 Å². The molecule has 4 rings (SSSR count). The molecule has 0 radical (unpaired) electrons. The molecule has 0 amide bonds. The van der Waals surface area contributed by atoms with Crippen LogP contribution in [0.15, 0.2) is 27.9 Å². The minimum Gasteiger partial charge on any atom is -0.493 e. The first kappa shape index (κ1) is 25.9. The number of carboxylic acid groups (broad SMARTS) is 1. The van der Waals surface area contributed by atoms with E-state index in [1.165, 1.54) is 21.0 Å². The van der Waals surface area contributed by atoms with Gasteiger partial charge in [0.1, 0.15) is 11.3 Å². The summed E-state index contributed by atoms with van der Waals surface area (Å²) >= 11 is 0. The third kappa shape index (κ3) is 4.51. The Bertz CT molecular complexity index is 1470. The number of nitrogens with one attached hydrogen (secondary N) is 1. The molecule has 12 heteroatoms. The molecule has 1 aliphatic rings. The van der Waals surface area contributed by atoms with Gasteiger partial charge in [-0.2, -0.15) is 4.31 Å². The molecule has 1 fully saturated rings. The highest BCUT2D eigenvalue weighted by Crippen LogP contribution is 2.32. The van der Waals surface area contributed by atoms with Crippen LogP contribution in [-0.4, -0.2) is 83.1 Å². The third-order valence-electron chi connectivity index (χ3n) is 6.44. The van der Waals surface area contributed by atoms with Gasteiger partial charge in [0.25, 0.3) is 5.56 Å². The SMILES string of the molecule is CCCc1c(C(=O)O)c(C)c2c(=O)[nH]c(-c3cc(S(=O)(=O)N4CCN(C)CC4)ccc3OCC)nn12. The summed E-state index contributed by atoms with van der Waals surface area (Å²) in [5.74, 6) is -0.676. The van der Waals surface area contributed by atoms with Crippen molar-refractivity contribution in [3.8, 4) is 17.1 Å². The van der Waals surface area contributed by atoms with E-state index in [1.54, 1.807) is 19.9 Å². The van der Waals surface area contributed by atoms with Gasteiger partial charge in [0.15, 0.2) is 5.82 Å². The summed E-state index contributed by atoms with van der Waals surface area (Å²) in [6, 6.07) is 4.50. The Kier molecular flexibility index (Phi) is 7.21. The zero-order valence-corrected chi connectivity index (χ0v) is 21.7. The van der Waals surface area contributed by atoms with Crippen LogP contribution in [0.1, 0.15) is 41.9 Å². The van der Waals surface area contributed by atoms with E-state index >= 15 is 0 Å². The number of carbonyl (C=O) groups is 1. The van der Waals surface area contributed by atoms with Crippen LogP contribution >= 0.6 is 0 Å². The zero-order valence-electron chi connectivity index (χ0n) is 20.9. The summed E-state index contributed by atoms with van der Waals surface area (Å²) in [5.41, 5.74) is 0.753. The second-order valence-corrected chi connectivity index (χ2v) is 10.8. The molecule has 2 N–H and O–H groups in total. The fourth-order valence-corrected chi connectivity index (χ4v) is 6.04. The van der Waals surface area contributed by atoms with Gasteiger partial charge >= 0.3 is 5.97 Å². The second kappa shape index (κ2) is 10.0. The third-order valence-corrected chi connectivity index (χ3v) is 8.33. The Morgan fingerprint density at radius 1 is 1.19 bits per heavy atom. The molecule has 3 aromatic rings. The van der Waals surface area contributed by atoms with Gasteiger partial charge in [-0.3, -0.25) is 4.79 Å². The van der Waals surface area contributed by atoms with E-state index in [2.05, 4.69) is 15.0 Å². The van der Waals surface area contributed by atoms with E-state index in [1.807, 2.05) is 14.0 Å². The van der Waals surface area contributed by atoms with Gasteiger partial charge in [-0.15, -0.1) is 5.10 Å². The molecule has 0 saturated carbocycles. The van der Waals surface area contributed by atoms with Crippen molar-refractivity contribution in [2.75, 3.05) is 39.8 Å². The number of carboxylic acids is 1. The molecule has 36 heavy (non-hydrogen) atoms. The molecule has 1 aliphatic heterocycles. The summed E-state index contributed by atoms with van der Waals surface area (Å²) in [4.78, 5) is 30.0. The maximum atomic E-state index is 13.4. The lowest BCUT2D eigenvalue weighted by Crippen LogP contribution is -2.47. The van der Waals surface area contributed by atoms with E-state index in [9.17, 15) is 23.1 Å². The summed E-state index contributed by atoms with van der Waals surface area (Å²) in [7, 11) is -1.84. The Labute approximate surface area is 209 Å². The lowest BCUT2D eigenvalue weighted by molar-refractivity contribution is 0.0695. The Morgan fingerprint density at radius 3 is 2.50 bits per heavy atom. The number of aromatic amines is 1. The number of piperazine rings is 1. The summed E-state index contributed by atoms with van der Waals surface area (Å²) in [5, 5.41) is 14.4. The fourth-order valence-electron chi connectivity index (χ4n) is 4.59. The number of sulfonamides is 1. The highest BCUT2D eigenvalue weighted by atomic mass is 32.2. The number of nitrogens with zero attached hydrogens (tertiary/aromatic N) is 4. The Hall–Kier alpha value is -3.22. The largest absolute Gasteiger partial charge is 0.493 e. The van der Waals surface area contributed by atoms with Crippen molar-refractivity contribution in [1.82, 2.24) is 23.8 Å². The number of likely N-dealkylation sites (N-methyl/N-ethyl adjacent to an activating group) is 1. The number of H-pyrrole nitrogens is 1. The number of aromatic carboxylic acids is 1. The fraction of sp³-hybridized carbons (Fsp3) is 0.458. The van der Waals surface area contributed by atoms with Crippen LogP contribution in [0, 0.1) is 6.92 Å². The normalized spacial score (nSPS) is 15.4. The number of rotatable bonds is 8. The van der Waals surface area contributed by atoms with Crippen LogP contribution in [0.5, 0.6) is 5.75 Å². The van der Waals surface area contributed by atoms with Crippen LogP contribution in [0.4, 0.5) is 0 Å². The first-order valence-electron chi connectivity index (χ1n) is 11.9. The van der Waals surface area contributed by atoms with Gasteiger partial charge in [0.2, 0.25) is 10.0 Å². The monoisotopic (exact) mass is 517 g/mol. The Balaban J connectivity index is 1.91. The molecule has 11 nitrogen and oxygen atoms in total. The minimum absolute atomic E-state index is 0.0587. The molecule has 0 atom stereocenters. The van der Waals surface area contributed by atoms with E-state index in [4.69, 9.17) is 4.74 Å². The van der Waals surface area contributed by atoms with Crippen LogP contribution in [-0.2, 0) is 16.4 Å². The molecule has 0 bridgehead atoms. The first-order valence-corrected chi connectivity index (χ1v) is 13.4. The maximum absolute atomic E-state index is 13.4. The van der Waals surface area contributed by atoms with Crippen molar-refractivity contribution in [3.63, 3.8) is 0 Å². The van der Waals surface area contributed by atoms with Gasteiger partial charge in [-0.05, 0) is 51.1 Å². The quantitative estimate of drug-likeness (QED) is 0.463. The number of ether oxygens (including phenoxy) is 1. The second-order valence-electron chi connectivity index (χ2n) is 8.86. The van der Waals surface area contributed by atoms with Gasteiger partial charge < -0.3 is 19.7 Å². The van der Waals surface area contributed by atoms with Crippen molar-refractivity contribution in [3.05, 3.63) is 45.4 Å². The molecule has 2 aromatic heterocycles. The van der Waals surface area contributed by atoms with Crippen LogP contribution in [0.25, 0.3) is 16.9 Å². The lowest BCUT2D eigenvalue weighted by atomic mass is 10.1. The summed E-state index contributed by atoms with van der Waals surface area (Å²) < 4.78 is 35.3. The molecule has 194 valence electrons. The van der Waals surface area contributed by atoms with Crippen LogP contribution in [0.3, 0.4) is 0 Å². The molecular formula is C24H31N5O6S. The van der Waals surface area contributed by atoms with Crippen LogP contribution in [0.2, 0.25) is 0 Å². The molecule has 3 heterocycles. The molecule has 0 aliphatic carbocycles. The number of fused-ring (bicyclic) bond motifs is 1. The van der Waals surface area contributed by atoms with Crippen molar-refractivity contribution in [2.24, 2.45) is 0 Å². The summed E-state index contributed by atoms with van der Waals surface area (Å²) in [6.45, 7) is 7.63. The lowest BCUT2D eigenvalue weighted by Gasteiger charge is -2.31. The maximum Gasteiger partial charge on any atom is 0.337 e. The van der Waals surface area contributed by atoms with Gasteiger partial charge in [-0.1, -0.05) is 13.3 Å². The predicted molar refractivity (Wildman–Crippen MR) is 134 cm³/mol. The van der Waals surface area contributed by atoms with Gasteiger partial charge in [0, 0.05) is 26.2 Å². The van der Waals surface area contributed by atoms with Crippen molar-refractivity contribution < 1.29 is 23.1 Å². The number of hydrogen-bond acceptors (Lipinski definition) is 7. The Morgan fingerprint density at radius 2 is 1.89 bits per heavy atom. The molecule has 1 aromatic carbocycles. The standard InChI is InChI=1S/C24H31N5O6S/c1-5-7-18-20(24(31)32)15(3)21-23(30)25-22(26-29(18)21)17-14-16(8-9-19(17)35-6-2)36(33,34)28-12-10-27(4)11-13-28/h8-9,14H,5-7,10-13H2,1-4H3,(H,31,32)(H,25,26,30). The van der Waals surface area contributed by atoms with E-state index < -0.39 is 21.6 Å². The van der Waals surface area contributed by atoms with E-state index in [0.717, 1.165) is 0 Å². The topological polar surface area (TPSA) is 137 Å². The van der Waals surface area contributed by atoms with Crippen molar-refractivity contribution in [1.29, 1.82) is 0 Å². The number of hydrogen-bond donors (Lipinski definition) is 2. The average Bonchev–Trinajstić information content (AvgIpc) is 3.11. The zero-order chi connectivity index (χ0) is 26.2. The highest BCUT2D eigenvalue weighted by molar-refractivity contribution is 7.89. The number of aromatic nitrogens is 3. The van der Waals surface area contributed by atoms with E-state index in [-0.39, 0.29) is 21.8 Å². The van der Waals surface area contributed by atoms with Crippen molar-refractivity contribution >= 4 is 21.5 Å². The molecular weight excluding hydrogens is 486 g/mol. The first-order chi connectivity index (χ1) is 17.1. The summed E-state index contributed by atoms with van der Waals surface area (Å²) in [6.07, 6.45) is 1.06. The number of aryl methyl sites for hydroxylation is 2. The number of benzene rings is 1. The van der Waals surface area contributed by atoms with Crippen LogP contribution < -0.4 is 10.3 Å². The molecule has 1 saturated heterocycles. The smallest absolute Gasteiger partial charge is 0.337 e. The predicted octanol–water partition coefficient (Wildman–Crippen LogP) is 1.98. The van der Waals surface area contributed by atoms with E-state index in [0.29, 0.717) is 68.2 Å². The van der Waals surface area contributed by atoms with Gasteiger partial charge in [0.05, 0.1) is 28.3 Å². The average molecular weight is 518 g/mol. The van der Waals surface area contributed by atoms with Gasteiger partial charge in [-0.25, -0.2) is 17.7 Å². The highest BCUT2D eigenvalue weighted by Gasteiger charge is 2.29. The minimum atomic E-state index is -3.78. The molecule has 0 unspecified atom stereocenters.